The molecule has 70 valence electrons. The molecule has 0 radical (unpaired) electrons. The van der Waals surface area contributed by atoms with E-state index < -0.39 is 16.3 Å². The third kappa shape index (κ3) is 4.69. The average Bonchev–Trinajstić information content (AvgIpc) is 2.00. The van der Waals surface area contributed by atoms with Crippen molar-refractivity contribution in [2.75, 3.05) is 13.7 Å². The zero-order valence-corrected chi connectivity index (χ0v) is 7.35. The summed E-state index contributed by atoms with van der Waals surface area (Å²) < 4.78 is 29.3. The van der Waals surface area contributed by atoms with Gasteiger partial charge in [-0.1, -0.05) is 6.08 Å². The second kappa shape index (κ2) is 4.73. The van der Waals surface area contributed by atoms with Crippen molar-refractivity contribution < 1.29 is 17.9 Å². The fourth-order valence-corrected chi connectivity index (χ4v) is 1.07. The van der Waals surface area contributed by atoms with Gasteiger partial charge in [0.25, 0.3) is 0 Å². The highest BCUT2D eigenvalue weighted by Gasteiger charge is 2.11. The van der Waals surface area contributed by atoms with Gasteiger partial charge in [0.2, 0.25) is 0 Å². The van der Waals surface area contributed by atoms with Crippen LogP contribution in [0.2, 0.25) is 0 Å². The summed E-state index contributed by atoms with van der Waals surface area (Å²) in [4.78, 5) is 10.4. The van der Waals surface area contributed by atoms with Crippen molar-refractivity contribution in [3.05, 3.63) is 12.7 Å². The van der Waals surface area contributed by atoms with Crippen LogP contribution >= 0.6 is 0 Å². The first kappa shape index (κ1) is 10.9. The maximum absolute atomic E-state index is 10.8. The third-order valence-electron chi connectivity index (χ3n) is 0.821. The van der Waals surface area contributed by atoms with Crippen molar-refractivity contribution in [3.8, 4) is 0 Å². The molecule has 0 unspecified atom stereocenters. The van der Waals surface area contributed by atoms with Crippen LogP contribution in [0, 0.1) is 0 Å². The number of ether oxygens (including phenoxy) is 1. The number of hydrogen-bond donors (Lipinski definition) is 2. The first-order chi connectivity index (χ1) is 5.52. The van der Waals surface area contributed by atoms with E-state index in [1.807, 2.05) is 4.72 Å². The smallest absolute Gasteiger partial charge is 0.421 e. The summed E-state index contributed by atoms with van der Waals surface area (Å²) in [7, 11) is -2.73. The van der Waals surface area contributed by atoms with Gasteiger partial charge >= 0.3 is 16.3 Å². The molecular formula is C5H10N2O4S. The average molecular weight is 194 g/mol. The van der Waals surface area contributed by atoms with E-state index in [2.05, 4.69) is 11.3 Å². The molecule has 0 atom stereocenters. The standard InChI is InChI=1S/C5H10N2O4S/c1-3-4-6-12(9,10)7-5(8)11-2/h3,6H,1,4H2,2H3,(H,7,8). The lowest BCUT2D eigenvalue weighted by Gasteiger charge is -2.04. The summed E-state index contributed by atoms with van der Waals surface area (Å²) in [5.74, 6) is 0. The van der Waals surface area contributed by atoms with E-state index in [4.69, 9.17) is 0 Å². The van der Waals surface area contributed by atoms with E-state index in [1.54, 1.807) is 4.72 Å². The second-order valence-electron chi connectivity index (χ2n) is 1.73. The van der Waals surface area contributed by atoms with E-state index in [0.29, 0.717) is 0 Å². The zero-order valence-electron chi connectivity index (χ0n) is 6.53. The van der Waals surface area contributed by atoms with Crippen LogP contribution < -0.4 is 9.44 Å². The van der Waals surface area contributed by atoms with Crippen LogP contribution in [0.25, 0.3) is 0 Å². The number of amides is 1. The molecule has 0 aliphatic rings. The summed E-state index contributed by atoms with van der Waals surface area (Å²) in [5, 5.41) is 0. The molecule has 0 spiro atoms. The highest BCUT2D eigenvalue weighted by atomic mass is 32.2. The summed E-state index contributed by atoms with van der Waals surface area (Å²) in [6.45, 7) is 3.34. The summed E-state index contributed by atoms with van der Waals surface area (Å²) in [6.07, 6.45) is 0.308. The zero-order chi connectivity index (χ0) is 9.61. The second-order valence-corrected chi connectivity index (χ2v) is 3.23. The van der Waals surface area contributed by atoms with Gasteiger partial charge in [-0.25, -0.2) is 9.52 Å². The molecule has 0 aromatic heterocycles. The van der Waals surface area contributed by atoms with Crippen LogP contribution in [0.5, 0.6) is 0 Å². The normalized spacial score (nSPS) is 10.4. The number of hydrogen-bond acceptors (Lipinski definition) is 4. The third-order valence-corrected chi connectivity index (χ3v) is 1.80. The van der Waals surface area contributed by atoms with Crippen LogP contribution in [-0.2, 0) is 14.9 Å². The van der Waals surface area contributed by atoms with Crippen molar-refractivity contribution in [2.45, 2.75) is 0 Å². The van der Waals surface area contributed by atoms with Crippen LogP contribution in [0.4, 0.5) is 4.79 Å². The van der Waals surface area contributed by atoms with Crippen molar-refractivity contribution in [2.24, 2.45) is 0 Å². The van der Waals surface area contributed by atoms with E-state index in [0.717, 1.165) is 7.11 Å². The molecule has 1 amide bonds. The largest absolute Gasteiger partial charge is 0.452 e. The Morgan fingerprint density at radius 2 is 2.25 bits per heavy atom. The summed E-state index contributed by atoms with van der Waals surface area (Å²) in [6, 6.07) is 0. The number of carbonyl (C=O) groups is 1. The molecule has 0 aliphatic carbocycles. The van der Waals surface area contributed by atoms with E-state index >= 15 is 0 Å². The molecule has 0 heterocycles. The Morgan fingerprint density at radius 3 is 2.67 bits per heavy atom. The molecular weight excluding hydrogens is 184 g/mol. The van der Waals surface area contributed by atoms with Gasteiger partial charge < -0.3 is 4.74 Å². The lowest BCUT2D eigenvalue weighted by atomic mass is 10.7. The lowest BCUT2D eigenvalue weighted by Crippen LogP contribution is -2.40. The number of carbonyl (C=O) groups excluding carboxylic acids is 1. The Hall–Kier alpha value is -1.08. The number of rotatable bonds is 4. The van der Waals surface area contributed by atoms with Gasteiger partial charge in [-0.05, 0) is 0 Å². The maximum Gasteiger partial charge on any atom is 0.421 e. The molecule has 12 heavy (non-hydrogen) atoms. The molecule has 0 fully saturated rings. The molecule has 6 nitrogen and oxygen atoms in total. The van der Waals surface area contributed by atoms with Gasteiger partial charge in [0.15, 0.2) is 0 Å². The molecule has 0 rings (SSSR count). The highest BCUT2D eigenvalue weighted by Crippen LogP contribution is 1.79. The van der Waals surface area contributed by atoms with Gasteiger partial charge in [0.05, 0.1) is 7.11 Å². The Kier molecular flexibility index (Phi) is 4.30. The van der Waals surface area contributed by atoms with Crippen LogP contribution in [0.3, 0.4) is 0 Å². The molecule has 0 bridgehead atoms. The molecule has 7 heteroatoms. The molecule has 0 aliphatic heterocycles. The molecule has 2 N–H and O–H groups in total. The fraction of sp³-hybridized carbons (Fsp3) is 0.400. The minimum Gasteiger partial charge on any atom is -0.452 e. The molecule has 0 aromatic carbocycles. The van der Waals surface area contributed by atoms with Crippen molar-refractivity contribution in [3.63, 3.8) is 0 Å². The van der Waals surface area contributed by atoms with Gasteiger partial charge in [0.1, 0.15) is 0 Å². The van der Waals surface area contributed by atoms with Gasteiger partial charge in [-0.2, -0.15) is 13.1 Å². The predicted octanol–water partition coefficient (Wildman–Crippen LogP) is -0.637. The minimum atomic E-state index is -3.80. The molecule has 0 saturated carbocycles. The summed E-state index contributed by atoms with van der Waals surface area (Å²) in [5.41, 5.74) is 0. The van der Waals surface area contributed by atoms with Gasteiger partial charge in [0, 0.05) is 6.54 Å². The topological polar surface area (TPSA) is 84.5 Å². The minimum absolute atomic E-state index is 0.0479. The Bertz CT molecular complexity index is 259. The molecule has 0 aromatic rings. The molecule has 0 saturated heterocycles. The van der Waals surface area contributed by atoms with Gasteiger partial charge in [-0.15, -0.1) is 6.58 Å². The van der Waals surface area contributed by atoms with Crippen molar-refractivity contribution in [1.82, 2.24) is 9.44 Å². The Balaban J connectivity index is 4.05. The van der Waals surface area contributed by atoms with Gasteiger partial charge in [-0.3, -0.25) is 0 Å². The Morgan fingerprint density at radius 1 is 1.67 bits per heavy atom. The van der Waals surface area contributed by atoms with E-state index in [9.17, 15) is 13.2 Å². The van der Waals surface area contributed by atoms with Crippen LogP contribution in [0.1, 0.15) is 0 Å². The van der Waals surface area contributed by atoms with Crippen LogP contribution in [-0.4, -0.2) is 28.2 Å². The summed E-state index contributed by atoms with van der Waals surface area (Å²) >= 11 is 0. The quantitative estimate of drug-likeness (QED) is 0.583. The lowest BCUT2D eigenvalue weighted by molar-refractivity contribution is 0.177. The maximum atomic E-state index is 10.8. The Labute approximate surface area is 70.8 Å². The number of methoxy groups -OCH3 is 1. The number of nitrogens with one attached hydrogen (secondary N) is 2. The van der Waals surface area contributed by atoms with E-state index in [-0.39, 0.29) is 6.54 Å². The monoisotopic (exact) mass is 194 g/mol. The SMILES string of the molecule is C=CCNS(=O)(=O)NC(=O)OC. The van der Waals surface area contributed by atoms with Crippen LogP contribution in [0.15, 0.2) is 12.7 Å². The fourth-order valence-electron chi connectivity index (χ4n) is 0.356. The van der Waals surface area contributed by atoms with Crippen molar-refractivity contribution in [1.29, 1.82) is 0 Å². The predicted molar refractivity (Wildman–Crippen MR) is 42.7 cm³/mol. The first-order valence-corrected chi connectivity index (χ1v) is 4.46. The highest BCUT2D eigenvalue weighted by molar-refractivity contribution is 7.88. The van der Waals surface area contributed by atoms with Crippen molar-refractivity contribution >= 4 is 16.3 Å². The van der Waals surface area contributed by atoms with E-state index in [1.165, 1.54) is 6.08 Å². The first-order valence-electron chi connectivity index (χ1n) is 2.98.